The lowest BCUT2D eigenvalue weighted by atomic mass is 9.91. The zero-order valence-corrected chi connectivity index (χ0v) is 14.8. The summed E-state index contributed by atoms with van der Waals surface area (Å²) in [6.07, 6.45) is 1.59. The molecule has 0 radical (unpaired) electrons. The first-order chi connectivity index (χ1) is 11.1. The van der Waals surface area contributed by atoms with Crippen LogP contribution in [0.1, 0.15) is 18.4 Å². The third-order valence-electron chi connectivity index (χ3n) is 4.15. The minimum atomic E-state index is -0.564. The number of nitrogens with zero attached hydrogens (tertiary/aromatic N) is 1. The number of likely N-dealkylation sites (N-methyl/N-ethyl adjacent to an activating group) is 1. The van der Waals surface area contributed by atoms with E-state index in [1.54, 1.807) is 7.05 Å². The van der Waals surface area contributed by atoms with Crippen molar-refractivity contribution in [2.45, 2.75) is 25.4 Å². The van der Waals surface area contributed by atoms with Crippen molar-refractivity contribution >= 4 is 24.2 Å². The fourth-order valence-corrected chi connectivity index (χ4v) is 2.68. The molecule has 1 heterocycles. The second-order valence-corrected chi connectivity index (χ2v) is 5.93. The van der Waals surface area contributed by atoms with Crippen molar-refractivity contribution in [2.75, 3.05) is 26.8 Å². The molecule has 134 valence electrons. The van der Waals surface area contributed by atoms with E-state index in [0.29, 0.717) is 19.8 Å². The van der Waals surface area contributed by atoms with Crippen LogP contribution in [-0.4, -0.2) is 49.6 Å². The van der Waals surface area contributed by atoms with Gasteiger partial charge in [0.25, 0.3) is 0 Å². The largest absolute Gasteiger partial charge is 0.381 e. The maximum Gasteiger partial charge on any atom is 0.239 e. The van der Waals surface area contributed by atoms with Crippen LogP contribution in [0.4, 0.5) is 0 Å². The fraction of sp³-hybridized carbons (Fsp3) is 0.529. The first kappa shape index (κ1) is 20.4. The highest BCUT2D eigenvalue weighted by molar-refractivity contribution is 5.87. The molecule has 1 saturated heterocycles. The summed E-state index contributed by atoms with van der Waals surface area (Å²) < 4.78 is 5.28. The Kier molecular flexibility index (Phi) is 8.74. The number of hydrogen-bond donors (Lipinski definition) is 2. The average Bonchev–Trinajstić information content (AvgIpc) is 2.60. The molecule has 0 bridgehead atoms. The van der Waals surface area contributed by atoms with E-state index >= 15 is 0 Å². The highest BCUT2D eigenvalue weighted by Gasteiger charge is 2.29. The molecule has 2 amide bonds. The van der Waals surface area contributed by atoms with E-state index < -0.39 is 6.04 Å². The molecule has 1 aromatic carbocycles. The first-order valence-electron chi connectivity index (χ1n) is 7.97. The zero-order chi connectivity index (χ0) is 16.7. The quantitative estimate of drug-likeness (QED) is 0.795. The molecule has 0 saturated carbocycles. The van der Waals surface area contributed by atoms with Crippen LogP contribution in [-0.2, 0) is 20.9 Å². The van der Waals surface area contributed by atoms with Gasteiger partial charge in [-0.2, -0.15) is 0 Å². The van der Waals surface area contributed by atoms with Crippen LogP contribution in [0.5, 0.6) is 0 Å². The van der Waals surface area contributed by atoms with Gasteiger partial charge in [-0.15, -0.1) is 12.4 Å². The Morgan fingerprint density at radius 1 is 1.29 bits per heavy atom. The Morgan fingerprint density at radius 2 is 1.92 bits per heavy atom. The third kappa shape index (κ3) is 6.11. The molecule has 2 rings (SSSR count). The number of rotatable bonds is 6. The summed E-state index contributed by atoms with van der Waals surface area (Å²) in [6, 6.07) is 9.08. The van der Waals surface area contributed by atoms with Crippen LogP contribution >= 0.6 is 12.4 Å². The van der Waals surface area contributed by atoms with Crippen molar-refractivity contribution in [3.8, 4) is 0 Å². The number of carbonyl (C=O) groups excluding carboxylic acids is 2. The fourth-order valence-electron chi connectivity index (χ4n) is 2.68. The number of benzene rings is 1. The van der Waals surface area contributed by atoms with Gasteiger partial charge in [-0.05, 0) is 24.3 Å². The summed E-state index contributed by atoms with van der Waals surface area (Å²) in [6.45, 7) is 1.76. The normalized spacial score (nSPS) is 15.9. The maximum atomic E-state index is 12.3. The Bertz CT molecular complexity index is 521. The number of halogens is 1. The van der Waals surface area contributed by atoms with Gasteiger partial charge in [-0.3, -0.25) is 9.59 Å². The van der Waals surface area contributed by atoms with Crippen LogP contribution in [0.2, 0.25) is 0 Å². The monoisotopic (exact) mass is 355 g/mol. The SMILES string of the molecule is CN(CC(=O)NCc1ccccc1)C(=O)C(N)C1CCOCC1.Cl. The average molecular weight is 356 g/mol. The number of nitrogens with two attached hydrogens (primary N) is 1. The molecule has 1 fully saturated rings. The van der Waals surface area contributed by atoms with Gasteiger partial charge in [-0.25, -0.2) is 0 Å². The minimum absolute atomic E-state index is 0. The first-order valence-corrected chi connectivity index (χ1v) is 7.97. The second kappa shape index (κ2) is 10.3. The number of amides is 2. The lowest BCUT2D eigenvalue weighted by Gasteiger charge is -2.29. The molecule has 0 aromatic heterocycles. The lowest BCUT2D eigenvalue weighted by molar-refractivity contribution is -0.137. The van der Waals surface area contributed by atoms with Gasteiger partial charge in [0.2, 0.25) is 11.8 Å². The minimum Gasteiger partial charge on any atom is -0.381 e. The molecule has 24 heavy (non-hydrogen) atoms. The zero-order valence-electron chi connectivity index (χ0n) is 13.9. The number of carbonyl (C=O) groups is 2. The molecular formula is C17H26ClN3O3. The summed E-state index contributed by atoms with van der Waals surface area (Å²) in [5.74, 6) is -0.248. The molecule has 1 aromatic rings. The van der Waals surface area contributed by atoms with Crippen LogP contribution in [0, 0.1) is 5.92 Å². The summed E-state index contributed by atoms with van der Waals surface area (Å²) in [5.41, 5.74) is 7.08. The molecule has 0 aliphatic carbocycles. The number of ether oxygens (including phenoxy) is 1. The molecule has 1 aliphatic heterocycles. The van der Waals surface area contributed by atoms with Gasteiger partial charge in [0.05, 0.1) is 12.6 Å². The highest BCUT2D eigenvalue weighted by Crippen LogP contribution is 2.18. The Hall–Kier alpha value is -1.63. The molecule has 1 aliphatic rings. The van der Waals surface area contributed by atoms with Gasteiger partial charge in [0, 0.05) is 26.8 Å². The summed E-state index contributed by atoms with van der Waals surface area (Å²) in [7, 11) is 1.61. The smallest absolute Gasteiger partial charge is 0.239 e. The van der Waals surface area contributed by atoms with Crippen molar-refractivity contribution in [2.24, 2.45) is 11.7 Å². The summed E-state index contributed by atoms with van der Waals surface area (Å²) >= 11 is 0. The molecular weight excluding hydrogens is 330 g/mol. The molecule has 1 atom stereocenters. The lowest BCUT2D eigenvalue weighted by Crippen LogP contribution is -2.50. The van der Waals surface area contributed by atoms with E-state index in [1.165, 1.54) is 4.90 Å². The van der Waals surface area contributed by atoms with Gasteiger partial charge >= 0.3 is 0 Å². The van der Waals surface area contributed by atoms with Crippen molar-refractivity contribution in [3.63, 3.8) is 0 Å². The third-order valence-corrected chi connectivity index (χ3v) is 4.15. The predicted octanol–water partition coefficient (Wildman–Crippen LogP) is 0.937. The van der Waals surface area contributed by atoms with Crippen LogP contribution < -0.4 is 11.1 Å². The van der Waals surface area contributed by atoms with Crippen molar-refractivity contribution in [3.05, 3.63) is 35.9 Å². The number of hydrogen-bond acceptors (Lipinski definition) is 4. The van der Waals surface area contributed by atoms with Crippen LogP contribution in [0.25, 0.3) is 0 Å². The van der Waals surface area contributed by atoms with Gasteiger partial charge in [0.15, 0.2) is 0 Å². The Balaban J connectivity index is 0.00000288. The van der Waals surface area contributed by atoms with Gasteiger partial charge < -0.3 is 20.7 Å². The molecule has 1 unspecified atom stereocenters. The number of nitrogens with one attached hydrogen (secondary N) is 1. The van der Waals surface area contributed by atoms with E-state index in [0.717, 1.165) is 18.4 Å². The standard InChI is InChI=1S/C17H25N3O3.ClH/c1-20(17(22)16(18)14-7-9-23-10-8-14)12-15(21)19-11-13-5-3-2-4-6-13;/h2-6,14,16H,7-12,18H2,1H3,(H,19,21);1H. The predicted molar refractivity (Wildman–Crippen MR) is 94.7 cm³/mol. The van der Waals surface area contributed by atoms with E-state index in [2.05, 4.69) is 5.32 Å². The maximum absolute atomic E-state index is 12.3. The Labute approximate surface area is 149 Å². The van der Waals surface area contributed by atoms with Crippen LogP contribution in [0.3, 0.4) is 0 Å². The van der Waals surface area contributed by atoms with Crippen LogP contribution in [0.15, 0.2) is 30.3 Å². The summed E-state index contributed by atoms with van der Waals surface area (Å²) in [5, 5.41) is 2.81. The van der Waals surface area contributed by atoms with Crippen molar-refractivity contribution in [1.82, 2.24) is 10.2 Å². The van der Waals surface area contributed by atoms with E-state index in [4.69, 9.17) is 10.5 Å². The molecule has 3 N–H and O–H groups in total. The molecule has 6 nitrogen and oxygen atoms in total. The second-order valence-electron chi connectivity index (χ2n) is 5.93. The van der Waals surface area contributed by atoms with Gasteiger partial charge in [0.1, 0.15) is 0 Å². The van der Waals surface area contributed by atoms with E-state index in [1.807, 2.05) is 30.3 Å². The highest BCUT2D eigenvalue weighted by atomic mass is 35.5. The van der Waals surface area contributed by atoms with E-state index in [9.17, 15) is 9.59 Å². The van der Waals surface area contributed by atoms with Crippen molar-refractivity contribution in [1.29, 1.82) is 0 Å². The molecule has 7 heteroatoms. The van der Waals surface area contributed by atoms with Gasteiger partial charge in [-0.1, -0.05) is 30.3 Å². The topological polar surface area (TPSA) is 84.7 Å². The summed E-state index contributed by atoms with van der Waals surface area (Å²) in [4.78, 5) is 25.7. The van der Waals surface area contributed by atoms with E-state index in [-0.39, 0.29) is 36.7 Å². The molecule has 0 spiro atoms. The van der Waals surface area contributed by atoms with Crippen molar-refractivity contribution < 1.29 is 14.3 Å². The Morgan fingerprint density at radius 3 is 2.54 bits per heavy atom.